The summed E-state index contributed by atoms with van der Waals surface area (Å²) in [6.45, 7) is 16.5. The van der Waals surface area contributed by atoms with Crippen molar-refractivity contribution in [3.05, 3.63) is 65.7 Å². The van der Waals surface area contributed by atoms with E-state index in [1.165, 1.54) is 22.0 Å². The number of nitrogens with zero attached hydrogens (tertiary/aromatic N) is 1. The van der Waals surface area contributed by atoms with Gasteiger partial charge in [-0.15, -0.1) is 0 Å². The molecule has 1 heterocycles. The minimum Gasteiger partial charge on any atom is -0.261 e. The van der Waals surface area contributed by atoms with Crippen molar-refractivity contribution in [1.82, 2.24) is 0 Å². The van der Waals surface area contributed by atoms with E-state index in [-0.39, 0.29) is 10.3 Å². The summed E-state index contributed by atoms with van der Waals surface area (Å²) < 4.78 is 5.58. The van der Waals surface area contributed by atoms with E-state index in [2.05, 4.69) is 103 Å². The Morgan fingerprint density at radius 2 is 1.24 bits per heavy atom. The molecule has 0 spiro atoms. The molecule has 0 atom stereocenters. The topological polar surface area (TPSA) is 12.4 Å². The molecule has 2 aromatic rings. The number of fused-ring (bicyclic) bond motifs is 1. The quantitative estimate of drug-likeness (QED) is 0.461. The van der Waals surface area contributed by atoms with Gasteiger partial charge < -0.3 is 0 Å². The van der Waals surface area contributed by atoms with E-state index in [0.29, 0.717) is 0 Å². The average Bonchev–Trinajstić information content (AvgIpc) is 2.53. The van der Waals surface area contributed by atoms with Crippen molar-refractivity contribution >= 4 is 23.6 Å². The number of hydrogen-bond acceptors (Lipinski definition) is 1. The molecule has 2 aromatic carbocycles. The molecule has 1 aliphatic rings. The van der Waals surface area contributed by atoms with E-state index < -0.39 is 7.05 Å². The van der Waals surface area contributed by atoms with Gasteiger partial charge in [0.1, 0.15) is 0 Å². The van der Waals surface area contributed by atoms with Crippen molar-refractivity contribution in [1.29, 1.82) is 0 Å². The highest BCUT2D eigenvalue weighted by Gasteiger charge is 2.48. The SMILES string of the molecule is CC1=C(c2ccccc2)P(C(C)(C)C)(C(C)(C)C)=Nc2ccccc21. The van der Waals surface area contributed by atoms with Crippen molar-refractivity contribution in [2.75, 3.05) is 0 Å². The van der Waals surface area contributed by atoms with E-state index in [9.17, 15) is 0 Å². The molecule has 132 valence electrons. The second kappa shape index (κ2) is 5.99. The third-order valence-corrected chi connectivity index (χ3v) is 10.9. The van der Waals surface area contributed by atoms with Crippen LogP contribution < -0.4 is 0 Å². The van der Waals surface area contributed by atoms with Crippen LogP contribution in [0.15, 0.2) is 59.3 Å². The second-order valence-corrected chi connectivity index (χ2v) is 13.5. The van der Waals surface area contributed by atoms with Gasteiger partial charge in [0.25, 0.3) is 0 Å². The average molecular weight is 351 g/mol. The van der Waals surface area contributed by atoms with Gasteiger partial charge in [0, 0.05) is 28.2 Å². The molecule has 0 fully saturated rings. The Kier molecular flexibility index (Phi) is 4.36. The Morgan fingerprint density at radius 3 is 1.80 bits per heavy atom. The van der Waals surface area contributed by atoms with E-state index in [0.717, 1.165) is 5.69 Å². The van der Waals surface area contributed by atoms with Crippen LogP contribution in [0, 0.1) is 0 Å². The van der Waals surface area contributed by atoms with E-state index >= 15 is 0 Å². The minimum atomic E-state index is -1.87. The first kappa shape index (κ1) is 18.2. The number of hydrogen-bond donors (Lipinski definition) is 0. The lowest BCUT2D eigenvalue weighted by molar-refractivity contribution is 0.704. The van der Waals surface area contributed by atoms with Gasteiger partial charge in [-0.05, 0) is 24.1 Å². The predicted octanol–water partition coefficient (Wildman–Crippen LogP) is 8.02. The first-order valence-corrected chi connectivity index (χ1v) is 10.8. The zero-order chi connectivity index (χ0) is 18.5. The molecule has 0 N–H and O–H groups in total. The molecule has 2 heteroatoms. The van der Waals surface area contributed by atoms with Gasteiger partial charge in [0.2, 0.25) is 0 Å². The molecule has 0 aliphatic carbocycles. The van der Waals surface area contributed by atoms with Gasteiger partial charge in [0.15, 0.2) is 0 Å². The molecule has 1 nitrogen and oxygen atoms in total. The molecule has 0 unspecified atom stereocenters. The number of benzene rings is 2. The molecular weight excluding hydrogens is 321 g/mol. The molecular formula is C23H30NP. The molecule has 0 bridgehead atoms. The molecule has 25 heavy (non-hydrogen) atoms. The molecule has 3 rings (SSSR count). The molecule has 1 aliphatic heterocycles. The van der Waals surface area contributed by atoms with Crippen LogP contribution in [0.3, 0.4) is 0 Å². The summed E-state index contributed by atoms with van der Waals surface area (Å²) in [6, 6.07) is 19.6. The zero-order valence-corrected chi connectivity index (χ0v) is 17.5. The fraction of sp³-hybridized carbons (Fsp3) is 0.391. The lowest BCUT2D eigenvalue weighted by Gasteiger charge is -2.50. The first-order chi connectivity index (χ1) is 11.6. The van der Waals surface area contributed by atoms with Gasteiger partial charge in [-0.2, -0.15) is 0 Å². The summed E-state index contributed by atoms with van der Waals surface area (Å²) in [5.74, 6) is 0. The molecule has 0 saturated carbocycles. The summed E-state index contributed by atoms with van der Waals surface area (Å²) in [7, 11) is -1.87. The van der Waals surface area contributed by atoms with E-state index in [1.54, 1.807) is 0 Å². The Morgan fingerprint density at radius 1 is 0.720 bits per heavy atom. The smallest absolute Gasteiger partial charge is 0.0693 e. The van der Waals surface area contributed by atoms with E-state index in [1.807, 2.05) is 0 Å². The fourth-order valence-corrected chi connectivity index (χ4v) is 10.1. The Bertz CT molecular complexity index is 856. The highest BCUT2D eigenvalue weighted by Crippen LogP contribution is 2.80. The first-order valence-electron chi connectivity index (χ1n) is 9.08. The predicted molar refractivity (Wildman–Crippen MR) is 114 cm³/mol. The molecule has 0 amide bonds. The van der Waals surface area contributed by atoms with Crippen molar-refractivity contribution in [3.63, 3.8) is 0 Å². The summed E-state index contributed by atoms with van der Waals surface area (Å²) >= 11 is 0. The van der Waals surface area contributed by atoms with Crippen LogP contribution in [0.4, 0.5) is 5.69 Å². The van der Waals surface area contributed by atoms with E-state index in [4.69, 9.17) is 4.74 Å². The summed E-state index contributed by atoms with van der Waals surface area (Å²) in [5.41, 5.74) is 5.18. The Labute approximate surface area is 153 Å². The molecule has 0 saturated heterocycles. The van der Waals surface area contributed by atoms with Crippen LogP contribution >= 0.6 is 7.05 Å². The van der Waals surface area contributed by atoms with Gasteiger partial charge in [-0.3, -0.25) is 4.74 Å². The van der Waals surface area contributed by atoms with Crippen molar-refractivity contribution in [2.24, 2.45) is 4.74 Å². The second-order valence-electron chi connectivity index (χ2n) is 8.93. The summed E-state index contributed by atoms with van der Waals surface area (Å²) in [6.07, 6.45) is 0. The third-order valence-electron chi connectivity index (χ3n) is 5.23. The van der Waals surface area contributed by atoms with Gasteiger partial charge in [-0.25, -0.2) is 0 Å². The number of allylic oxidation sites excluding steroid dienone is 1. The summed E-state index contributed by atoms with van der Waals surface area (Å²) in [4.78, 5) is 0. The minimum absolute atomic E-state index is 0.0885. The Balaban J connectivity index is 2.53. The van der Waals surface area contributed by atoms with Gasteiger partial charge in [0.05, 0.1) is 5.69 Å². The Hall–Kier alpha value is -1.59. The van der Waals surface area contributed by atoms with Crippen LogP contribution in [0.1, 0.15) is 59.6 Å². The van der Waals surface area contributed by atoms with Gasteiger partial charge in [-0.1, -0.05) is 90.1 Å². The lowest BCUT2D eigenvalue weighted by atomic mass is 10.0. The maximum atomic E-state index is 5.58. The van der Waals surface area contributed by atoms with Crippen molar-refractivity contribution in [2.45, 2.75) is 58.8 Å². The van der Waals surface area contributed by atoms with Gasteiger partial charge >= 0.3 is 0 Å². The van der Waals surface area contributed by atoms with Crippen LogP contribution in [0.2, 0.25) is 0 Å². The maximum absolute atomic E-state index is 5.58. The maximum Gasteiger partial charge on any atom is 0.0693 e. The molecule has 0 radical (unpaired) electrons. The van der Waals surface area contributed by atoms with Crippen LogP contribution in [-0.2, 0) is 0 Å². The van der Waals surface area contributed by atoms with Crippen molar-refractivity contribution in [3.8, 4) is 0 Å². The van der Waals surface area contributed by atoms with Crippen LogP contribution in [0.25, 0.3) is 10.9 Å². The zero-order valence-electron chi connectivity index (χ0n) is 16.6. The van der Waals surface area contributed by atoms with Crippen LogP contribution in [0.5, 0.6) is 0 Å². The largest absolute Gasteiger partial charge is 0.261 e. The number of rotatable bonds is 1. The highest BCUT2D eigenvalue weighted by molar-refractivity contribution is 7.79. The monoisotopic (exact) mass is 351 g/mol. The standard InChI is InChI=1S/C23H30NP/c1-17-19-15-11-12-16-20(19)24-25(22(2,3)4,23(5,6)7)21(17)18-13-9-8-10-14-18/h8-16H,1-7H3. The van der Waals surface area contributed by atoms with Crippen molar-refractivity contribution < 1.29 is 0 Å². The normalized spacial score (nSPS) is 17.1. The lowest BCUT2D eigenvalue weighted by Crippen LogP contribution is -2.30. The third kappa shape index (κ3) is 2.74. The fourth-order valence-electron chi connectivity index (χ4n) is 4.44. The molecule has 0 aromatic heterocycles. The summed E-state index contributed by atoms with van der Waals surface area (Å²) in [5, 5.41) is 1.66. The van der Waals surface area contributed by atoms with Crippen LogP contribution in [-0.4, -0.2) is 10.3 Å². The highest BCUT2D eigenvalue weighted by atomic mass is 31.2.